The van der Waals surface area contributed by atoms with Gasteiger partial charge in [0.15, 0.2) is 5.96 Å². The Morgan fingerprint density at radius 2 is 1.91 bits per heavy atom. The summed E-state index contributed by atoms with van der Waals surface area (Å²) in [5, 5.41) is 8.19. The van der Waals surface area contributed by atoms with Crippen LogP contribution < -0.4 is 15.5 Å². The van der Waals surface area contributed by atoms with Crippen LogP contribution in [-0.4, -0.2) is 45.2 Å². The third-order valence-electron chi connectivity index (χ3n) is 6.30. The molecule has 6 heteroatoms. The lowest BCUT2D eigenvalue weighted by Gasteiger charge is -2.32. The number of hydrogen-bond acceptors (Lipinski definition) is 4. The number of pyridine rings is 1. The van der Waals surface area contributed by atoms with E-state index in [9.17, 15) is 0 Å². The molecular formula is C27H35N5O. The number of aryl methyl sites for hydroxylation is 1. The number of nitrogens with one attached hydrogen (secondary N) is 2. The van der Waals surface area contributed by atoms with Crippen molar-refractivity contribution in [1.29, 1.82) is 0 Å². The van der Waals surface area contributed by atoms with Crippen molar-refractivity contribution in [3.63, 3.8) is 0 Å². The van der Waals surface area contributed by atoms with E-state index < -0.39 is 0 Å². The van der Waals surface area contributed by atoms with Gasteiger partial charge in [-0.2, -0.15) is 0 Å². The van der Waals surface area contributed by atoms with E-state index in [1.807, 2.05) is 32.1 Å². The van der Waals surface area contributed by atoms with Gasteiger partial charge in [-0.25, -0.2) is 4.98 Å². The van der Waals surface area contributed by atoms with E-state index in [1.165, 1.54) is 16.7 Å². The Bertz CT molecular complexity index is 1090. The van der Waals surface area contributed by atoms with Crippen LogP contribution in [0.4, 0.5) is 5.82 Å². The van der Waals surface area contributed by atoms with E-state index in [0.29, 0.717) is 12.5 Å². The van der Waals surface area contributed by atoms with Crippen molar-refractivity contribution in [2.24, 2.45) is 10.9 Å². The van der Waals surface area contributed by atoms with Gasteiger partial charge < -0.3 is 20.3 Å². The fourth-order valence-corrected chi connectivity index (χ4v) is 4.41. The number of ether oxygens (including phenoxy) is 1. The van der Waals surface area contributed by atoms with Crippen LogP contribution in [0.15, 0.2) is 59.6 Å². The summed E-state index contributed by atoms with van der Waals surface area (Å²) in [6.07, 6.45) is 2.36. The lowest BCUT2D eigenvalue weighted by atomic mass is 9.89. The number of aliphatic imine (C=N–C) groups is 1. The summed E-state index contributed by atoms with van der Waals surface area (Å²) < 4.78 is 6.18. The summed E-state index contributed by atoms with van der Waals surface area (Å²) >= 11 is 0. The molecule has 0 aliphatic carbocycles. The van der Waals surface area contributed by atoms with Gasteiger partial charge in [0.1, 0.15) is 5.82 Å². The van der Waals surface area contributed by atoms with Crippen LogP contribution in [0.3, 0.4) is 0 Å². The van der Waals surface area contributed by atoms with E-state index in [4.69, 9.17) is 9.72 Å². The highest BCUT2D eigenvalue weighted by atomic mass is 16.5. The number of benzene rings is 2. The maximum absolute atomic E-state index is 6.18. The Labute approximate surface area is 197 Å². The Morgan fingerprint density at radius 1 is 1.12 bits per heavy atom. The molecule has 1 fully saturated rings. The minimum Gasteiger partial charge on any atom is -0.373 e. The maximum atomic E-state index is 6.18. The van der Waals surface area contributed by atoms with Crippen LogP contribution in [0.5, 0.6) is 0 Å². The second kappa shape index (κ2) is 10.7. The number of anilines is 1. The van der Waals surface area contributed by atoms with Gasteiger partial charge in [-0.1, -0.05) is 48.0 Å². The molecule has 0 amide bonds. The van der Waals surface area contributed by atoms with Crippen LogP contribution in [-0.2, 0) is 11.3 Å². The quantitative estimate of drug-likeness (QED) is 0.434. The highest BCUT2D eigenvalue weighted by Crippen LogP contribution is 2.33. The number of rotatable bonds is 6. The third-order valence-corrected chi connectivity index (χ3v) is 6.30. The molecule has 0 bridgehead atoms. The van der Waals surface area contributed by atoms with Crippen LogP contribution in [0, 0.1) is 12.8 Å². The van der Waals surface area contributed by atoms with E-state index in [1.54, 1.807) is 0 Å². The average Bonchev–Trinajstić information content (AvgIpc) is 2.84. The minimum atomic E-state index is 0.122. The molecule has 0 saturated carbocycles. The monoisotopic (exact) mass is 445 g/mol. The van der Waals surface area contributed by atoms with E-state index in [2.05, 4.69) is 71.1 Å². The number of guanidine groups is 1. The molecule has 1 aliphatic heterocycles. The van der Waals surface area contributed by atoms with Crippen molar-refractivity contribution in [2.45, 2.75) is 32.4 Å². The first-order chi connectivity index (χ1) is 16.0. The van der Waals surface area contributed by atoms with Crippen molar-refractivity contribution < 1.29 is 4.74 Å². The molecule has 6 nitrogen and oxygen atoms in total. The number of nitrogens with zero attached hydrogens (tertiary/aromatic N) is 3. The molecular weight excluding hydrogens is 410 g/mol. The molecule has 174 valence electrons. The fourth-order valence-electron chi connectivity index (χ4n) is 4.41. The van der Waals surface area contributed by atoms with Gasteiger partial charge in [-0.15, -0.1) is 0 Å². The second-order valence-electron chi connectivity index (χ2n) is 8.96. The van der Waals surface area contributed by atoms with E-state index in [0.717, 1.165) is 48.7 Å². The molecule has 2 N–H and O–H groups in total. The van der Waals surface area contributed by atoms with E-state index >= 15 is 0 Å². The second-order valence-corrected chi connectivity index (χ2v) is 8.96. The summed E-state index contributed by atoms with van der Waals surface area (Å²) in [7, 11) is 5.86. The Hall–Kier alpha value is -3.12. The summed E-state index contributed by atoms with van der Waals surface area (Å²) in [4.78, 5) is 11.3. The molecule has 33 heavy (non-hydrogen) atoms. The SMILES string of the molecule is CN=C(NCc1cc(N(C)C)nc2ccccc12)NCC1CCCOC1c1ccc(C)cc1. The number of para-hydroxylation sites is 1. The molecule has 2 atom stereocenters. The molecule has 0 spiro atoms. The number of hydrogen-bond donors (Lipinski definition) is 2. The van der Waals surface area contributed by atoms with Crippen molar-refractivity contribution in [1.82, 2.24) is 15.6 Å². The predicted molar refractivity (Wildman–Crippen MR) is 137 cm³/mol. The first-order valence-corrected chi connectivity index (χ1v) is 11.7. The first-order valence-electron chi connectivity index (χ1n) is 11.7. The predicted octanol–water partition coefficient (Wildman–Crippen LogP) is 4.44. The maximum Gasteiger partial charge on any atom is 0.191 e. The normalized spacial score (nSPS) is 18.8. The Morgan fingerprint density at radius 3 is 2.67 bits per heavy atom. The minimum absolute atomic E-state index is 0.122. The van der Waals surface area contributed by atoms with Crippen molar-refractivity contribution in [2.75, 3.05) is 39.2 Å². The molecule has 2 heterocycles. The summed E-state index contributed by atoms with van der Waals surface area (Å²) in [5.74, 6) is 2.16. The molecule has 3 aromatic rings. The zero-order valence-corrected chi connectivity index (χ0v) is 20.1. The zero-order valence-electron chi connectivity index (χ0n) is 20.1. The van der Waals surface area contributed by atoms with Crippen LogP contribution >= 0.6 is 0 Å². The smallest absolute Gasteiger partial charge is 0.191 e. The Balaban J connectivity index is 1.42. The largest absolute Gasteiger partial charge is 0.373 e. The zero-order chi connectivity index (χ0) is 23.2. The summed E-state index contributed by atoms with van der Waals surface area (Å²) in [6.45, 7) is 4.43. The van der Waals surface area contributed by atoms with Crippen molar-refractivity contribution >= 4 is 22.7 Å². The molecule has 2 aromatic carbocycles. The van der Waals surface area contributed by atoms with Crippen LogP contribution in [0.25, 0.3) is 10.9 Å². The lowest BCUT2D eigenvalue weighted by molar-refractivity contribution is -0.0265. The van der Waals surface area contributed by atoms with Gasteiger partial charge in [0.25, 0.3) is 0 Å². The third kappa shape index (κ3) is 5.63. The molecule has 2 unspecified atom stereocenters. The van der Waals surface area contributed by atoms with Crippen molar-refractivity contribution in [3.05, 3.63) is 71.3 Å². The topological polar surface area (TPSA) is 61.8 Å². The molecule has 1 aliphatic rings. The molecule has 4 rings (SSSR count). The fraction of sp³-hybridized carbons (Fsp3) is 0.407. The Kier molecular flexibility index (Phi) is 7.45. The molecule has 0 radical (unpaired) electrons. The van der Waals surface area contributed by atoms with Gasteiger partial charge in [0.2, 0.25) is 0 Å². The standard InChI is InChI=1S/C27H35N5O/c1-19-11-13-20(14-12-19)26-21(8-7-15-33-26)17-29-27(28-2)30-18-22-16-25(32(3)4)31-24-10-6-5-9-23(22)24/h5-6,9-14,16,21,26H,7-8,15,17-18H2,1-4H3,(H2,28,29,30). The van der Waals surface area contributed by atoms with Crippen molar-refractivity contribution in [3.8, 4) is 0 Å². The van der Waals surface area contributed by atoms with E-state index in [-0.39, 0.29) is 6.10 Å². The molecule has 1 aromatic heterocycles. The van der Waals surface area contributed by atoms with Gasteiger partial charge in [0.05, 0.1) is 11.6 Å². The van der Waals surface area contributed by atoms with Gasteiger partial charge in [-0.05, 0) is 43.0 Å². The summed E-state index contributed by atoms with van der Waals surface area (Å²) in [6, 6.07) is 19.1. The first kappa shape index (κ1) is 23.1. The average molecular weight is 446 g/mol. The highest BCUT2D eigenvalue weighted by molar-refractivity contribution is 5.85. The van der Waals surface area contributed by atoms with Gasteiger partial charge in [0, 0.05) is 52.1 Å². The number of fused-ring (bicyclic) bond motifs is 1. The molecule has 1 saturated heterocycles. The lowest BCUT2D eigenvalue weighted by Crippen LogP contribution is -2.41. The highest BCUT2D eigenvalue weighted by Gasteiger charge is 2.27. The summed E-state index contributed by atoms with van der Waals surface area (Å²) in [5.41, 5.74) is 4.74. The van der Waals surface area contributed by atoms with Crippen LogP contribution in [0.2, 0.25) is 0 Å². The van der Waals surface area contributed by atoms with Crippen LogP contribution in [0.1, 0.15) is 35.6 Å². The van der Waals surface area contributed by atoms with Gasteiger partial charge in [-0.3, -0.25) is 4.99 Å². The van der Waals surface area contributed by atoms with Gasteiger partial charge >= 0.3 is 0 Å². The number of aromatic nitrogens is 1.